The molecule has 0 unspecified atom stereocenters. The summed E-state index contributed by atoms with van der Waals surface area (Å²) in [6.45, 7) is 0. The molecule has 2 aromatic heterocycles. The van der Waals surface area contributed by atoms with Gasteiger partial charge in [0.2, 0.25) is 0 Å². The first-order valence-corrected chi connectivity index (χ1v) is 9.63. The van der Waals surface area contributed by atoms with E-state index in [-0.39, 0.29) is 5.75 Å². The summed E-state index contributed by atoms with van der Waals surface area (Å²) in [6.07, 6.45) is 0. The lowest BCUT2D eigenvalue weighted by Gasteiger charge is -2.08. The summed E-state index contributed by atoms with van der Waals surface area (Å²) in [5.41, 5.74) is 3.28. The van der Waals surface area contributed by atoms with Crippen molar-refractivity contribution in [2.75, 3.05) is 7.11 Å². The summed E-state index contributed by atoms with van der Waals surface area (Å²) in [5.74, 6) is 0.348. The summed E-state index contributed by atoms with van der Waals surface area (Å²) < 4.78 is 5.14. The van der Waals surface area contributed by atoms with Crippen molar-refractivity contribution in [3.63, 3.8) is 0 Å². The second-order valence-corrected chi connectivity index (χ2v) is 7.43. The number of phenols is 1. The number of nitrogens with zero attached hydrogens (tertiary/aromatic N) is 1. The van der Waals surface area contributed by atoms with Crippen LogP contribution < -0.4 is 10.4 Å². The molecule has 0 atom stereocenters. The molecule has 5 nitrogen and oxygen atoms in total. The van der Waals surface area contributed by atoms with Crippen LogP contribution in [0.4, 0.5) is 0 Å². The molecule has 0 aliphatic heterocycles. The first kappa shape index (κ1) is 18.3. The van der Waals surface area contributed by atoms with Crippen molar-refractivity contribution in [3.8, 4) is 44.5 Å². The van der Waals surface area contributed by atoms with Gasteiger partial charge in [0.1, 0.15) is 0 Å². The van der Waals surface area contributed by atoms with Crippen LogP contribution in [0.25, 0.3) is 33.0 Å². The number of aromatic amines is 1. The average Bonchev–Trinajstić information content (AvgIpc) is 3.14. The molecule has 0 saturated carbocycles. The van der Waals surface area contributed by atoms with Gasteiger partial charge in [0, 0.05) is 15.8 Å². The van der Waals surface area contributed by atoms with Crippen LogP contribution in [0, 0.1) is 0 Å². The second-order valence-electron chi connectivity index (χ2n) is 6.08. The Labute approximate surface area is 169 Å². The van der Waals surface area contributed by atoms with Gasteiger partial charge in [0.15, 0.2) is 11.5 Å². The summed E-state index contributed by atoms with van der Waals surface area (Å²) in [6, 6.07) is 16.4. The van der Waals surface area contributed by atoms with E-state index in [1.807, 2.05) is 35.7 Å². The fourth-order valence-corrected chi connectivity index (χ4v) is 3.96. The van der Waals surface area contributed by atoms with Crippen LogP contribution in [0.1, 0.15) is 0 Å². The number of aromatic hydroxyl groups is 1. The Kier molecular flexibility index (Phi) is 4.90. The number of H-pyrrole nitrogens is 1. The van der Waals surface area contributed by atoms with Crippen LogP contribution in [0.5, 0.6) is 11.5 Å². The smallest absolute Gasteiger partial charge is 0.345 e. The Bertz CT molecular complexity index is 1200. The highest BCUT2D eigenvalue weighted by Crippen LogP contribution is 2.33. The number of methoxy groups -OCH3 is 1. The van der Waals surface area contributed by atoms with Gasteiger partial charge in [-0.3, -0.25) is 0 Å². The summed E-state index contributed by atoms with van der Waals surface area (Å²) in [7, 11) is 1.47. The van der Waals surface area contributed by atoms with E-state index >= 15 is 0 Å². The van der Waals surface area contributed by atoms with Gasteiger partial charge in [-0.15, -0.1) is 11.3 Å². The van der Waals surface area contributed by atoms with Gasteiger partial charge in [-0.1, -0.05) is 35.9 Å². The maximum Gasteiger partial charge on any atom is 0.345 e. The Hall–Kier alpha value is -3.09. The molecule has 0 spiro atoms. The first-order valence-electron chi connectivity index (χ1n) is 8.37. The Morgan fingerprint density at radius 1 is 1.04 bits per heavy atom. The monoisotopic (exact) mass is 410 g/mol. The quantitative estimate of drug-likeness (QED) is 0.485. The number of phenolic OH excluding ortho intramolecular Hbond substituents is 1. The number of rotatable bonds is 4. The van der Waals surface area contributed by atoms with Crippen molar-refractivity contribution < 1.29 is 9.84 Å². The lowest BCUT2D eigenvalue weighted by Crippen LogP contribution is -2.11. The van der Waals surface area contributed by atoms with E-state index in [9.17, 15) is 9.90 Å². The van der Waals surface area contributed by atoms with E-state index in [4.69, 9.17) is 16.3 Å². The molecule has 2 N–H and O–H groups in total. The molecule has 0 fully saturated rings. The number of thiophene rings is 1. The van der Waals surface area contributed by atoms with Gasteiger partial charge in [-0.2, -0.15) is 4.98 Å². The third-order valence-corrected chi connectivity index (χ3v) is 5.59. The van der Waals surface area contributed by atoms with Gasteiger partial charge in [-0.25, -0.2) is 4.79 Å². The minimum Gasteiger partial charge on any atom is -0.504 e. The fourth-order valence-electron chi connectivity index (χ4n) is 2.88. The standard InChI is InChI=1S/C21H15ClN2O3S/c1-27-19-8-14(6-7-18(19)25)17-10-16(23-21(26)24-17)12-2-4-13(5-3-12)20-9-15(22)11-28-20/h2-11,25H,1H3,(H,23,24,26). The minimum atomic E-state index is -0.450. The first-order chi connectivity index (χ1) is 13.5. The molecule has 0 bridgehead atoms. The van der Waals surface area contributed by atoms with Crippen molar-refractivity contribution in [1.82, 2.24) is 9.97 Å². The van der Waals surface area contributed by atoms with Crippen LogP contribution in [0.3, 0.4) is 0 Å². The van der Waals surface area contributed by atoms with Gasteiger partial charge < -0.3 is 14.8 Å². The molecule has 28 heavy (non-hydrogen) atoms. The number of benzene rings is 2. The zero-order valence-electron chi connectivity index (χ0n) is 14.8. The third kappa shape index (κ3) is 3.65. The maximum absolute atomic E-state index is 12.1. The van der Waals surface area contributed by atoms with Crippen molar-refractivity contribution >= 4 is 22.9 Å². The van der Waals surface area contributed by atoms with Crippen LogP contribution in [0.2, 0.25) is 5.02 Å². The topological polar surface area (TPSA) is 75.2 Å². The highest BCUT2D eigenvalue weighted by molar-refractivity contribution is 7.14. The molecule has 2 heterocycles. The molecule has 0 radical (unpaired) electrons. The van der Waals surface area contributed by atoms with Crippen LogP contribution in [-0.2, 0) is 0 Å². The third-order valence-electron chi connectivity index (χ3n) is 4.27. The van der Waals surface area contributed by atoms with Gasteiger partial charge in [0.05, 0.1) is 23.5 Å². The average molecular weight is 411 g/mol. The molecule has 0 saturated heterocycles. The molecular weight excluding hydrogens is 396 g/mol. The summed E-state index contributed by atoms with van der Waals surface area (Å²) >= 11 is 7.58. The summed E-state index contributed by atoms with van der Waals surface area (Å²) in [5, 5.41) is 12.4. The maximum atomic E-state index is 12.1. The molecule has 4 rings (SSSR count). The minimum absolute atomic E-state index is 0.0283. The number of ether oxygens (including phenoxy) is 1. The van der Waals surface area contributed by atoms with Crippen molar-refractivity contribution in [3.05, 3.63) is 75.5 Å². The molecule has 0 aliphatic carbocycles. The number of nitrogens with one attached hydrogen (secondary N) is 1. The van der Waals surface area contributed by atoms with E-state index in [2.05, 4.69) is 9.97 Å². The largest absolute Gasteiger partial charge is 0.504 e. The number of hydrogen-bond donors (Lipinski definition) is 2. The van der Waals surface area contributed by atoms with E-state index in [0.717, 1.165) is 21.0 Å². The molecular formula is C21H15ClN2O3S. The van der Waals surface area contributed by atoms with Gasteiger partial charge in [-0.05, 0) is 41.5 Å². The number of aromatic nitrogens is 2. The fraction of sp³-hybridized carbons (Fsp3) is 0.0476. The molecule has 7 heteroatoms. The lowest BCUT2D eigenvalue weighted by atomic mass is 10.1. The molecule has 4 aromatic rings. The predicted octanol–water partition coefficient (Wildman–Crippen LogP) is 5.20. The van der Waals surface area contributed by atoms with Crippen molar-refractivity contribution in [2.45, 2.75) is 0 Å². The molecule has 0 aliphatic rings. The zero-order chi connectivity index (χ0) is 19.7. The zero-order valence-corrected chi connectivity index (χ0v) is 16.3. The van der Waals surface area contributed by atoms with Crippen LogP contribution in [-0.4, -0.2) is 22.2 Å². The SMILES string of the molecule is COc1cc(-c2cc(-c3ccc(-c4cc(Cl)cs4)cc3)[nH]c(=O)n2)ccc1O. The highest BCUT2D eigenvalue weighted by atomic mass is 35.5. The summed E-state index contributed by atoms with van der Waals surface area (Å²) in [4.78, 5) is 20.0. The van der Waals surface area contributed by atoms with E-state index < -0.39 is 5.69 Å². The normalized spacial score (nSPS) is 10.8. The van der Waals surface area contributed by atoms with E-state index in [1.54, 1.807) is 29.5 Å². The van der Waals surface area contributed by atoms with E-state index in [1.165, 1.54) is 13.2 Å². The van der Waals surface area contributed by atoms with Crippen molar-refractivity contribution in [1.29, 1.82) is 0 Å². The molecule has 2 aromatic carbocycles. The van der Waals surface area contributed by atoms with Gasteiger partial charge >= 0.3 is 5.69 Å². The second kappa shape index (κ2) is 7.50. The number of hydrogen-bond acceptors (Lipinski definition) is 5. The van der Waals surface area contributed by atoms with E-state index in [0.29, 0.717) is 22.7 Å². The lowest BCUT2D eigenvalue weighted by molar-refractivity contribution is 0.373. The molecule has 140 valence electrons. The molecule has 0 amide bonds. The number of halogens is 1. The van der Waals surface area contributed by atoms with Gasteiger partial charge in [0.25, 0.3) is 0 Å². The van der Waals surface area contributed by atoms with Crippen molar-refractivity contribution in [2.24, 2.45) is 0 Å². The van der Waals surface area contributed by atoms with Crippen LogP contribution in [0.15, 0.2) is 64.8 Å². The van der Waals surface area contributed by atoms with Crippen LogP contribution >= 0.6 is 22.9 Å². The predicted molar refractivity (Wildman–Crippen MR) is 112 cm³/mol. The Morgan fingerprint density at radius 3 is 2.43 bits per heavy atom. The Morgan fingerprint density at radius 2 is 1.75 bits per heavy atom. The Balaban J connectivity index is 1.72. The highest BCUT2D eigenvalue weighted by Gasteiger charge is 2.10.